The molecule has 6 nitrogen and oxygen atoms in total. The molecule has 2 aliphatic heterocycles. The van der Waals surface area contributed by atoms with E-state index in [0.29, 0.717) is 6.04 Å². The van der Waals surface area contributed by atoms with Crippen molar-refractivity contribution in [3.05, 3.63) is 12.7 Å². The van der Waals surface area contributed by atoms with Gasteiger partial charge in [0, 0.05) is 26.2 Å². The largest absolute Gasteiger partial charge is 0.390 e. The van der Waals surface area contributed by atoms with E-state index in [9.17, 15) is 5.11 Å². The molecule has 2 saturated heterocycles. The highest BCUT2D eigenvalue weighted by Crippen LogP contribution is 2.21. The van der Waals surface area contributed by atoms with Gasteiger partial charge in [-0.2, -0.15) is 5.10 Å². The molecule has 0 aliphatic carbocycles. The van der Waals surface area contributed by atoms with Crippen molar-refractivity contribution < 1.29 is 5.11 Å². The summed E-state index contributed by atoms with van der Waals surface area (Å²) in [4.78, 5) is 8.84. The third-order valence-corrected chi connectivity index (χ3v) is 5.18. The summed E-state index contributed by atoms with van der Waals surface area (Å²) < 4.78 is 1.97. The number of aromatic nitrogens is 3. The Hall–Kier alpha value is -0.980. The van der Waals surface area contributed by atoms with Crippen LogP contribution in [-0.2, 0) is 0 Å². The van der Waals surface area contributed by atoms with Gasteiger partial charge < -0.3 is 14.9 Å². The first-order valence-electron chi connectivity index (χ1n) is 8.67. The zero-order chi connectivity index (χ0) is 15.4. The van der Waals surface area contributed by atoms with Crippen LogP contribution in [0.5, 0.6) is 0 Å². The number of hydrogen-bond acceptors (Lipinski definition) is 5. The lowest BCUT2D eigenvalue weighted by molar-refractivity contribution is 0.0504. The SMILES string of the molecule is CC1CCN(CC(O)CN2CCC(n3cncn3)CC2)CC1. The Morgan fingerprint density at radius 2 is 1.64 bits per heavy atom. The molecule has 2 fully saturated rings. The van der Waals surface area contributed by atoms with Crippen LogP contribution >= 0.6 is 0 Å². The lowest BCUT2D eigenvalue weighted by Gasteiger charge is -2.35. The van der Waals surface area contributed by atoms with Crippen molar-refractivity contribution in [1.29, 1.82) is 0 Å². The number of likely N-dealkylation sites (tertiary alicyclic amines) is 2. The number of rotatable bonds is 5. The van der Waals surface area contributed by atoms with Crippen molar-refractivity contribution >= 4 is 0 Å². The monoisotopic (exact) mass is 307 g/mol. The lowest BCUT2D eigenvalue weighted by Crippen LogP contribution is -2.45. The van der Waals surface area contributed by atoms with Crippen molar-refractivity contribution in [2.75, 3.05) is 39.3 Å². The molecule has 3 rings (SSSR count). The van der Waals surface area contributed by atoms with Crippen LogP contribution in [0, 0.1) is 5.92 Å². The maximum Gasteiger partial charge on any atom is 0.137 e. The van der Waals surface area contributed by atoms with Crippen molar-refractivity contribution in [2.45, 2.75) is 44.8 Å². The molecule has 0 spiro atoms. The zero-order valence-electron chi connectivity index (χ0n) is 13.6. The summed E-state index contributed by atoms with van der Waals surface area (Å²) in [6.07, 6.45) is 7.93. The maximum atomic E-state index is 10.4. The van der Waals surface area contributed by atoms with Crippen LogP contribution in [0.15, 0.2) is 12.7 Å². The average Bonchev–Trinajstić information content (AvgIpc) is 3.05. The minimum atomic E-state index is -0.226. The standard InChI is InChI=1S/C16H29N5O/c1-14-2-6-19(7-3-14)10-16(22)11-20-8-4-15(5-9-20)21-13-17-12-18-21/h12-16,22H,2-11H2,1H3. The first-order chi connectivity index (χ1) is 10.7. The average molecular weight is 307 g/mol. The molecule has 0 aromatic carbocycles. The van der Waals surface area contributed by atoms with Crippen LogP contribution in [0.2, 0.25) is 0 Å². The van der Waals surface area contributed by atoms with Crippen molar-refractivity contribution in [2.24, 2.45) is 5.92 Å². The van der Waals surface area contributed by atoms with Gasteiger partial charge in [-0.25, -0.2) is 9.67 Å². The molecule has 1 aromatic heterocycles. The molecular formula is C16H29N5O. The summed E-state index contributed by atoms with van der Waals surface area (Å²) in [7, 11) is 0. The van der Waals surface area contributed by atoms with Gasteiger partial charge in [-0.05, 0) is 44.7 Å². The van der Waals surface area contributed by atoms with Gasteiger partial charge in [0.15, 0.2) is 0 Å². The first kappa shape index (κ1) is 15.9. The van der Waals surface area contributed by atoms with E-state index in [-0.39, 0.29) is 6.10 Å². The van der Waals surface area contributed by atoms with Gasteiger partial charge in [0.05, 0.1) is 12.1 Å². The van der Waals surface area contributed by atoms with Crippen molar-refractivity contribution in [3.8, 4) is 0 Å². The van der Waals surface area contributed by atoms with Gasteiger partial charge in [-0.1, -0.05) is 6.92 Å². The first-order valence-corrected chi connectivity index (χ1v) is 8.67. The number of piperidine rings is 2. The Balaban J connectivity index is 1.37. The summed E-state index contributed by atoms with van der Waals surface area (Å²) in [6.45, 7) is 8.33. The Kier molecular flexibility index (Phi) is 5.44. The molecule has 0 saturated carbocycles. The molecule has 1 N–H and O–H groups in total. The predicted octanol–water partition coefficient (Wildman–Crippen LogP) is 1.01. The fourth-order valence-corrected chi connectivity index (χ4v) is 3.67. The Morgan fingerprint density at radius 3 is 2.18 bits per heavy atom. The lowest BCUT2D eigenvalue weighted by atomic mass is 9.99. The van der Waals surface area contributed by atoms with Gasteiger partial charge in [-0.3, -0.25) is 0 Å². The van der Waals surface area contributed by atoms with E-state index < -0.39 is 0 Å². The number of hydrogen-bond donors (Lipinski definition) is 1. The molecule has 124 valence electrons. The third kappa shape index (κ3) is 4.27. The topological polar surface area (TPSA) is 57.4 Å². The molecule has 6 heteroatoms. The molecule has 1 unspecified atom stereocenters. The summed E-state index contributed by atoms with van der Waals surface area (Å²) in [5.41, 5.74) is 0. The molecule has 0 bridgehead atoms. The highest BCUT2D eigenvalue weighted by Gasteiger charge is 2.24. The molecule has 0 amide bonds. The van der Waals surface area contributed by atoms with E-state index in [2.05, 4.69) is 26.8 Å². The zero-order valence-corrected chi connectivity index (χ0v) is 13.6. The summed E-state index contributed by atoms with van der Waals surface area (Å²) in [5, 5.41) is 14.6. The normalized spacial score (nSPS) is 24.6. The highest BCUT2D eigenvalue weighted by atomic mass is 16.3. The van der Waals surface area contributed by atoms with E-state index >= 15 is 0 Å². The van der Waals surface area contributed by atoms with Gasteiger partial charge in [-0.15, -0.1) is 0 Å². The molecule has 22 heavy (non-hydrogen) atoms. The Morgan fingerprint density at radius 1 is 1.05 bits per heavy atom. The second-order valence-corrected chi connectivity index (χ2v) is 7.04. The second-order valence-electron chi connectivity index (χ2n) is 7.04. The molecule has 2 aliphatic rings. The van der Waals surface area contributed by atoms with Crippen LogP contribution in [0.1, 0.15) is 38.6 Å². The number of nitrogens with zero attached hydrogens (tertiary/aromatic N) is 5. The molecule has 1 aromatic rings. The van der Waals surface area contributed by atoms with E-state index in [1.54, 1.807) is 6.33 Å². The number of aliphatic hydroxyl groups excluding tert-OH is 1. The summed E-state index contributed by atoms with van der Waals surface area (Å²) in [6, 6.07) is 0.472. The Labute approximate surface area is 133 Å². The van der Waals surface area contributed by atoms with Gasteiger partial charge >= 0.3 is 0 Å². The third-order valence-electron chi connectivity index (χ3n) is 5.18. The predicted molar refractivity (Wildman–Crippen MR) is 85.6 cm³/mol. The van der Waals surface area contributed by atoms with Crippen molar-refractivity contribution in [1.82, 2.24) is 24.6 Å². The highest BCUT2D eigenvalue weighted by molar-refractivity contribution is 4.80. The van der Waals surface area contributed by atoms with Crippen molar-refractivity contribution in [3.63, 3.8) is 0 Å². The number of β-amino-alcohol motifs (C(OH)–C–C–N with tert-alkyl or cyclic N) is 1. The van der Waals surface area contributed by atoms with E-state index in [4.69, 9.17) is 0 Å². The number of aliphatic hydroxyl groups is 1. The van der Waals surface area contributed by atoms with Crippen LogP contribution in [0.4, 0.5) is 0 Å². The van der Waals surface area contributed by atoms with E-state index in [1.807, 2.05) is 11.0 Å². The summed E-state index contributed by atoms with van der Waals surface area (Å²) >= 11 is 0. The molecule has 3 heterocycles. The fourth-order valence-electron chi connectivity index (χ4n) is 3.67. The minimum Gasteiger partial charge on any atom is -0.390 e. The fraction of sp³-hybridized carbons (Fsp3) is 0.875. The van der Waals surface area contributed by atoms with E-state index in [0.717, 1.165) is 58.0 Å². The van der Waals surface area contributed by atoms with Crippen LogP contribution < -0.4 is 0 Å². The quantitative estimate of drug-likeness (QED) is 0.880. The maximum absolute atomic E-state index is 10.4. The minimum absolute atomic E-state index is 0.226. The summed E-state index contributed by atoms with van der Waals surface area (Å²) in [5.74, 6) is 0.851. The smallest absolute Gasteiger partial charge is 0.137 e. The van der Waals surface area contributed by atoms with E-state index in [1.165, 1.54) is 12.8 Å². The Bertz CT molecular complexity index is 422. The van der Waals surface area contributed by atoms with Gasteiger partial charge in [0.1, 0.15) is 12.7 Å². The molecule has 0 radical (unpaired) electrons. The second kappa shape index (κ2) is 7.53. The van der Waals surface area contributed by atoms with Gasteiger partial charge in [0.25, 0.3) is 0 Å². The molecule has 1 atom stereocenters. The van der Waals surface area contributed by atoms with Crippen LogP contribution in [-0.4, -0.2) is 75.0 Å². The molecular weight excluding hydrogens is 278 g/mol. The van der Waals surface area contributed by atoms with Crippen LogP contribution in [0.3, 0.4) is 0 Å². The van der Waals surface area contributed by atoms with Crippen LogP contribution in [0.25, 0.3) is 0 Å². The van der Waals surface area contributed by atoms with Gasteiger partial charge in [0.2, 0.25) is 0 Å².